The van der Waals surface area contributed by atoms with Crippen molar-refractivity contribution >= 4 is 5.82 Å². The molecule has 2 atom stereocenters. The fourth-order valence-corrected chi connectivity index (χ4v) is 2.99. The van der Waals surface area contributed by atoms with Gasteiger partial charge in [-0.1, -0.05) is 30.3 Å². The van der Waals surface area contributed by atoms with Crippen LogP contribution < -0.4 is 10.6 Å². The molecule has 1 fully saturated rings. The van der Waals surface area contributed by atoms with E-state index in [-0.39, 0.29) is 6.04 Å². The summed E-state index contributed by atoms with van der Waals surface area (Å²) < 4.78 is 0. The first-order chi connectivity index (χ1) is 10.3. The van der Waals surface area contributed by atoms with Crippen molar-refractivity contribution in [2.45, 2.75) is 25.8 Å². The monoisotopic (exact) mass is 282 g/mol. The number of rotatable bonds is 3. The van der Waals surface area contributed by atoms with Crippen LogP contribution in [0, 0.1) is 5.92 Å². The molecule has 4 nitrogen and oxygen atoms in total. The van der Waals surface area contributed by atoms with Crippen LogP contribution in [0.5, 0.6) is 0 Å². The SMILES string of the molecule is CC(N)C1CCCN(c2nccnc2-c2ccccc2)C1. The predicted molar refractivity (Wildman–Crippen MR) is 86.1 cm³/mol. The first kappa shape index (κ1) is 14.0. The Hall–Kier alpha value is -1.94. The summed E-state index contributed by atoms with van der Waals surface area (Å²) in [4.78, 5) is 11.5. The lowest BCUT2D eigenvalue weighted by molar-refractivity contribution is 0.363. The number of nitrogens with zero attached hydrogens (tertiary/aromatic N) is 3. The van der Waals surface area contributed by atoms with Gasteiger partial charge in [-0.15, -0.1) is 0 Å². The summed E-state index contributed by atoms with van der Waals surface area (Å²) in [6.07, 6.45) is 5.90. The Morgan fingerprint density at radius 1 is 1.19 bits per heavy atom. The van der Waals surface area contributed by atoms with Gasteiger partial charge in [0.1, 0.15) is 5.69 Å². The van der Waals surface area contributed by atoms with Gasteiger partial charge in [-0.2, -0.15) is 0 Å². The Balaban J connectivity index is 1.92. The van der Waals surface area contributed by atoms with Crippen LogP contribution in [0.2, 0.25) is 0 Å². The van der Waals surface area contributed by atoms with E-state index in [1.165, 1.54) is 6.42 Å². The lowest BCUT2D eigenvalue weighted by Crippen LogP contribution is -2.43. The maximum Gasteiger partial charge on any atom is 0.155 e. The molecular formula is C17H22N4. The average molecular weight is 282 g/mol. The van der Waals surface area contributed by atoms with Crippen LogP contribution in [-0.4, -0.2) is 29.1 Å². The van der Waals surface area contributed by atoms with Crippen molar-refractivity contribution in [3.8, 4) is 11.3 Å². The van der Waals surface area contributed by atoms with Crippen molar-refractivity contribution in [1.29, 1.82) is 0 Å². The number of hydrogen-bond donors (Lipinski definition) is 1. The number of nitrogens with two attached hydrogens (primary N) is 1. The number of benzene rings is 1. The fourth-order valence-electron chi connectivity index (χ4n) is 2.99. The minimum atomic E-state index is 0.227. The zero-order chi connectivity index (χ0) is 14.7. The van der Waals surface area contributed by atoms with Crippen LogP contribution in [0.15, 0.2) is 42.7 Å². The van der Waals surface area contributed by atoms with Crippen molar-refractivity contribution in [3.05, 3.63) is 42.7 Å². The molecule has 21 heavy (non-hydrogen) atoms. The molecule has 2 N–H and O–H groups in total. The molecule has 2 heterocycles. The molecule has 0 bridgehead atoms. The van der Waals surface area contributed by atoms with Gasteiger partial charge in [0.15, 0.2) is 5.82 Å². The molecule has 0 amide bonds. The molecule has 1 aromatic heterocycles. The molecule has 1 aliphatic rings. The third kappa shape index (κ3) is 3.05. The Morgan fingerprint density at radius 3 is 2.71 bits per heavy atom. The molecule has 0 saturated carbocycles. The summed E-state index contributed by atoms with van der Waals surface area (Å²) in [6, 6.07) is 10.5. The van der Waals surface area contributed by atoms with Crippen LogP contribution in [0.1, 0.15) is 19.8 Å². The van der Waals surface area contributed by atoms with Gasteiger partial charge in [0.25, 0.3) is 0 Å². The minimum Gasteiger partial charge on any atom is -0.354 e. The standard InChI is InChI=1S/C17H22N4/c1-13(18)15-8-5-11-21(12-15)17-16(19-9-10-20-17)14-6-3-2-4-7-14/h2-4,6-7,9-10,13,15H,5,8,11-12,18H2,1H3. The first-order valence-electron chi connectivity index (χ1n) is 7.62. The van der Waals surface area contributed by atoms with Crippen LogP contribution in [-0.2, 0) is 0 Å². The van der Waals surface area contributed by atoms with Crippen molar-refractivity contribution in [3.63, 3.8) is 0 Å². The summed E-state index contributed by atoms with van der Waals surface area (Å²) in [5.74, 6) is 1.51. The topological polar surface area (TPSA) is 55.0 Å². The van der Waals surface area contributed by atoms with E-state index < -0.39 is 0 Å². The zero-order valence-electron chi connectivity index (χ0n) is 12.4. The van der Waals surface area contributed by atoms with E-state index in [1.54, 1.807) is 12.4 Å². The van der Waals surface area contributed by atoms with Gasteiger partial charge in [0.05, 0.1) is 0 Å². The van der Waals surface area contributed by atoms with Gasteiger partial charge in [0, 0.05) is 37.1 Å². The highest BCUT2D eigenvalue weighted by Gasteiger charge is 2.25. The second-order valence-corrected chi connectivity index (χ2v) is 5.80. The maximum absolute atomic E-state index is 6.09. The number of aromatic nitrogens is 2. The van der Waals surface area contributed by atoms with Gasteiger partial charge < -0.3 is 10.6 Å². The van der Waals surface area contributed by atoms with Crippen molar-refractivity contribution in [2.24, 2.45) is 11.7 Å². The largest absolute Gasteiger partial charge is 0.354 e. The maximum atomic E-state index is 6.09. The van der Waals surface area contributed by atoms with Gasteiger partial charge in [-0.25, -0.2) is 4.98 Å². The van der Waals surface area contributed by atoms with Crippen LogP contribution in [0.4, 0.5) is 5.82 Å². The van der Waals surface area contributed by atoms with Gasteiger partial charge >= 0.3 is 0 Å². The number of piperidine rings is 1. The lowest BCUT2D eigenvalue weighted by Gasteiger charge is -2.36. The predicted octanol–water partition coefficient (Wildman–Crippen LogP) is 2.71. The molecular weight excluding hydrogens is 260 g/mol. The minimum absolute atomic E-state index is 0.227. The Bertz CT molecular complexity index is 582. The smallest absolute Gasteiger partial charge is 0.155 e. The molecule has 1 aromatic carbocycles. The Labute approximate surface area is 126 Å². The molecule has 0 radical (unpaired) electrons. The van der Waals surface area contributed by atoms with Gasteiger partial charge in [-0.05, 0) is 25.7 Å². The molecule has 1 saturated heterocycles. The van der Waals surface area contributed by atoms with E-state index in [4.69, 9.17) is 5.73 Å². The summed E-state index contributed by atoms with van der Waals surface area (Å²) in [7, 11) is 0. The van der Waals surface area contributed by atoms with E-state index >= 15 is 0 Å². The van der Waals surface area contributed by atoms with E-state index in [9.17, 15) is 0 Å². The quantitative estimate of drug-likeness (QED) is 0.940. The third-order valence-corrected chi connectivity index (χ3v) is 4.23. The second-order valence-electron chi connectivity index (χ2n) is 5.80. The van der Waals surface area contributed by atoms with E-state index in [0.29, 0.717) is 5.92 Å². The number of hydrogen-bond acceptors (Lipinski definition) is 4. The fraction of sp³-hybridized carbons (Fsp3) is 0.412. The van der Waals surface area contributed by atoms with Crippen LogP contribution >= 0.6 is 0 Å². The molecule has 0 aliphatic carbocycles. The highest BCUT2D eigenvalue weighted by Crippen LogP contribution is 2.30. The van der Waals surface area contributed by atoms with Crippen LogP contribution in [0.25, 0.3) is 11.3 Å². The molecule has 1 aliphatic heterocycles. The van der Waals surface area contributed by atoms with Gasteiger partial charge in [-0.3, -0.25) is 4.98 Å². The Morgan fingerprint density at radius 2 is 1.95 bits per heavy atom. The number of anilines is 1. The van der Waals surface area contributed by atoms with Crippen molar-refractivity contribution in [1.82, 2.24) is 9.97 Å². The lowest BCUT2D eigenvalue weighted by atomic mass is 9.92. The first-order valence-corrected chi connectivity index (χ1v) is 7.62. The van der Waals surface area contributed by atoms with Crippen molar-refractivity contribution < 1.29 is 0 Å². The zero-order valence-corrected chi connectivity index (χ0v) is 12.4. The third-order valence-electron chi connectivity index (χ3n) is 4.23. The van der Waals surface area contributed by atoms with Crippen molar-refractivity contribution in [2.75, 3.05) is 18.0 Å². The van der Waals surface area contributed by atoms with Gasteiger partial charge in [0.2, 0.25) is 0 Å². The van der Waals surface area contributed by atoms with E-state index in [0.717, 1.165) is 36.6 Å². The summed E-state index contributed by atoms with van der Waals surface area (Å²) in [6.45, 7) is 4.10. The molecule has 0 spiro atoms. The molecule has 2 aromatic rings. The van der Waals surface area contributed by atoms with E-state index in [2.05, 4.69) is 33.9 Å². The normalized spacial score (nSPS) is 20.3. The molecule has 110 valence electrons. The highest BCUT2D eigenvalue weighted by atomic mass is 15.2. The molecule has 4 heteroatoms. The second kappa shape index (κ2) is 6.22. The summed E-state index contributed by atoms with van der Waals surface area (Å²) in [5.41, 5.74) is 8.17. The van der Waals surface area contributed by atoms with Crippen LogP contribution in [0.3, 0.4) is 0 Å². The average Bonchev–Trinajstić information content (AvgIpc) is 2.56. The molecule has 2 unspecified atom stereocenters. The molecule has 3 rings (SSSR count). The highest BCUT2D eigenvalue weighted by molar-refractivity contribution is 5.71. The summed E-state index contributed by atoms with van der Waals surface area (Å²) >= 11 is 0. The summed E-state index contributed by atoms with van der Waals surface area (Å²) in [5, 5.41) is 0. The van der Waals surface area contributed by atoms with E-state index in [1.807, 2.05) is 18.2 Å². The Kier molecular flexibility index (Phi) is 4.15.